The Morgan fingerprint density at radius 2 is 2.22 bits per heavy atom. The second-order valence-corrected chi connectivity index (χ2v) is 4.70. The molecule has 1 heterocycles. The highest BCUT2D eigenvalue weighted by Crippen LogP contribution is 2.24. The molecule has 0 aromatic carbocycles. The van der Waals surface area contributed by atoms with Crippen LogP contribution >= 0.6 is 0 Å². The third kappa shape index (κ3) is 4.23. The Balaban J connectivity index is 1.68. The third-order valence-corrected chi connectivity index (χ3v) is 3.12. The van der Waals surface area contributed by atoms with Gasteiger partial charge in [-0.2, -0.15) is 5.10 Å². The van der Waals surface area contributed by atoms with Gasteiger partial charge in [-0.1, -0.05) is 6.92 Å². The first kappa shape index (κ1) is 13.2. The Kier molecular flexibility index (Phi) is 4.90. The van der Waals surface area contributed by atoms with Crippen molar-refractivity contribution in [3.8, 4) is 5.88 Å². The number of aromatic nitrogens is 2. The second-order valence-electron chi connectivity index (χ2n) is 4.70. The summed E-state index contributed by atoms with van der Waals surface area (Å²) in [6, 6.07) is 4.62. The van der Waals surface area contributed by atoms with Crippen LogP contribution in [0.3, 0.4) is 0 Å². The molecule has 0 radical (unpaired) electrons. The summed E-state index contributed by atoms with van der Waals surface area (Å²) >= 11 is 0. The van der Waals surface area contributed by atoms with E-state index >= 15 is 0 Å². The molecule has 0 amide bonds. The summed E-state index contributed by atoms with van der Waals surface area (Å²) in [4.78, 5) is 2.34. The van der Waals surface area contributed by atoms with E-state index in [0.29, 0.717) is 12.5 Å². The zero-order valence-corrected chi connectivity index (χ0v) is 11.2. The Bertz CT molecular complexity index is 351. The van der Waals surface area contributed by atoms with E-state index in [1.165, 1.54) is 12.8 Å². The van der Waals surface area contributed by atoms with E-state index in [4.69, 9.17) is 4.74 Å². The molecule has 0 atom stereocenters. The number of nitrogens with zero attached hydrogens (tertiary/aromatic N) is 3. The van der Waals surface area contributed by atoms with Crippen LogP contribution in [-0.2, 0) is 6.54 Å². The van der Waals surface area contributed by atoms with Crippen molar-refractivity contribution in [2.75, 3.05) is 26.7 Å². The van der Waals surface area contributed by atoms with Crippen LogP contribution in [0.2, 0.25) is 0 Å². The number of hydrogen-bond acceptors (Lipinski definition) is 5. The van der Waals surface area contributed by atoms with Crippen molar-refractivity contribution < 1.29 is 4.74 Å². The van der Waals surface area contributed by atoms with Crippen LogP contribution in [0.25, 0.3) is 0 Å². The van der Waals surface area contributed by atoms with Crippen molar-refractivity contribution in [3.05, 3.63) is 17.8 Å². The van der Waals surface area contributed by atoms with E-state index in [-0.39, 0.29) is 0 Å². The standard InChI is InChI=1S/C13H22N4O/c1-3-14-10-11-4-7-13(16-15-11)18-9-8-17(2)12-5-6-12/h4,7,12,14H,3,5-6,8-10H2,1-2H3. The van der Waals surface area contributed by atoms with Crippen LogP contribution in [0.4, 0.5) is 0 Å². The molecule has 1 N–H and O–H groups in total. The Morgan fingerprint density at radius 1 is 1.39 bits per heavy atom. The van der Waals surface area contributed by atoms with Gasteiger partial charge in [0.05, 0.1) is 5.69 Å². The average molecular weight is 250 g/mol. The molecule has 0 aliphatic heterocycles. The largest absolute Gasteiger partial charge is 0.475 e. The lowest BCUT2D eigenvalue weighted by Crippen LogP contribution is -2.26. The maximum Gasteiger partial charge on any atom is 0.233 e. The van der Waals surface area contributed by atoms with Crippen LogP contribution in [0, 0.1) is 0 Å². The van der Waals surface area contributed by atoms with Crippen LogP contribution in [0.5, 0.6) is 5.88 Å². The number of likely N-dealkylation sites (N-methyl/N-ethyl adjacent to an activating group) is 1. The molecule has 5 nitrogen and oxygen atoms in total. The summed E-state index contributed by atoms with van der Waals surface area (Å²) in [5, 5.41) is 11.4. The van der Waals surface area contributed by atoms with Gasteiger partial charge in [0.25, 0.3) is 0 Å². The average Bonchev–Trinajstić information content (AvgIpc) is 3.22. The Hall–Kier alpha value is -1.20. The highest BCUT2D eigenvalue weighted by atomic mass is 16.5. The predicted molar refractivity (Wildman–Crippen MR) is 70.6 cm³/mol. The van der Waals surface area contributed by atoms with Gasteiger partial charge in [0, 0.05) is 25.2 Å². The molecule has 1 aromatic rings. The van der Waals surface area contributed by atoms with Gasteiger partial charge in [-0.25, -0.2) is 0 Å². The van der Waals surface area contributed by atoms with Gasteiger partial charge in [-0.05, 0) is 32.5 Å². The predicted octanol–water partition coefficient (Wildman–Crippen LogP) is 1.06. The summed E-state index contributed by atoms with van der Waals surface area (Å²) in [6.07, 6.45) is 2.66. The fourth-order valence-electron chi connectivity index (χ4n) is 1.76. The van der Waals surface area contributed by atoms with Crippen molar-refractivity contribution >= 4 is 0 Å². The zero-order chi connectivity index (χ0) is 12.8. The maximum atomic E-state index is 5.58. The maximum absolute atomic E-state index is 5.58. The van der Waals surface area contributed by atoms with E-state index in [1.807, 2.05) is 12.1 Å². The van der Waals surface area contributed by atoms with Gasteiger partial charge in [-0.15, -0.1) is 5.10 Å². The van der Waals surface area contributed by atoms with Crippen LogP contribution in [0.1, 0.15) is 25.5 Å². The summed E-state index contributed by atoms with van der Waals surface area (Å²) in [5.74, 6) is 0.611. The first-order chi connectivity index (χ1) is 8.79. The highest BCUT2D eigenvalue weighted by molar-refractivity contribution is 5.11. The molecule has 100 valence electrons. The normalized spacial score (nSPS) is 15.1. The molecule has 0 saturated heterocycles. The lowest BCUT2D eigenvalue weighted by molar-refractivity contribution is 0.225. The SMILES string of the molecule is CCNCc1ccc(OCCN(C)C2CC2)nn1. The molecule has 0 bridgehead atoms. The van der Waals surface area contributed by atoms with Gasteiger partial charge < -0.3 is 15.0 Å². The topological polar surface area (TPSA) is 50.3 Å². The molecular weight excluding hydrogens is 228 g/mol. The molecular formula is C13H22N4O. The number of nitrogens with one attached hydrogen (secondary N) is 1. The Labute approximate surface area is 109 Å². The van der Waals surface area contributed by atoms with E-state index in [2.05, 4.69) is 34.4 Å². The molecule has 2 rings (SSSR count). The molecule has 5 heteroatoms. The minimum atomic E-state index is 0.611. The first-order valence-corrected chi connectivity index (χ1v) is 6.66. The van der Waals surface area contributed by atoms with Crippen molar-refractivity contribution in [2.24, 2.45) is 0 Å². The van der Waals surface area contributed by atoms with Gasteiger partial charge in [0.1, 0.15) is 6.61 Å². The number of rotatable bonds is 8. The molecule has 1 saturated carbocycles. The van der Waals surface area contributed by atoms with E-state index in [9.17, 15) is 0 Å². The summed E-state index contributed by atoms with van der Waals surface area (Å²) in [6.45, 7) is 5.39. The molecule has 1 aromatic heterocycles. The Morgan fingerprint density at radius 3 is 2.83 bits per heavy atom. The third-order valence-electron chi connectivity index (χ3n) is 3.12. The lowest BCUT2D eigenvalue weighted by Gasteiger charge is -2.15. The highest BCUT2D eigenvalue weighted by Gasteiger charge is 2.25. The molecule has 1 aliphatic rings. The van der Waals surface area contributed by atoms with Crippen LogP contribution in [0.15, 0.2) is 12.1 Å². The minimum Gasteiger partial charge on any atom is -0.475 e. The van der Waals surface area contributed by atoms with E-state index in [0.717, 1.165) is 31.4 Å². The zero-order valence-electron chi connectivity index (χ0n) is 11.2. The smallest absolute Gasteiger partial charge is 0.233 e. The second kappa shape index (κ2) is 6.66. The summed E-state index contributed by atoms with van der Waals surface area (Å²) in [5.41, 5.74) is 0.944. The molecule has 18 heavy (non-hydrogen) atoms. The van der Waals surface area contributed by atoms with Crippen LogP contribution < -0.4 is 10.1 Å². The lowest BCUT2D eigenvalue weighted by atomic mass is 10.4. The van der Waals surface area contributed by atoms with E-state index < -0.39 is 0 Å². The van der Waals surface area contributed by atoms with Crippen molar-refractivity contribution in [2.45, 2.75) is 32.4 Å². The first-order valence-electron chi connectivity index (χ1n) is 6.66. The van der Waals surface area contributed by atoms with Crippen molar-refractivity contribution in [3.63, 3.8) is 0 Å². The van der Waals surface area contributed by atoms with Crippen molar-refractivity contribution in [1.82, 2.24) is 20.4 Å². The fourth-order valence-corrected chi connectivity index (χ4v) is 1.76. The monoisotopic (exact) mass is 250 g/mol. The molecule has 0 spiro atoms. The van der Waals surface area contributed by atoms with Gasteiger partial charge in [0.2, 0.25) is 5.88 Å². The summed E-state index contributed by atoms with van der Waals surface area (Å²) < 4.78 is 5.58. The van der Waals surface area contributed by atoms with Gasteiger partial charge in [-0.3, -0.25) is 0 Å². The quantitative estimate of drug-likeness (QED) is 0.747. The molecule has 1 fully saturated rings. The molecule has 0 unspecified atom stereocenters. The number of hydrogen-bond donors (Lipinski definition) is 1. The van der Waals surface area contributed by atoms with Gasteiger partial charge >= 0.3 is 0 Å². The van der Waals surface area contributed by atoms with E-state index in [1.54, 1.807) is 0 Å². The van der Waals surface area contributed by atoms with Crippen molar-refractivity contribution in [1.29, 1.82) is 0 Å². The van der Waals surface area contributed by atoms with Gasteiger partial charge in [0.15, 0.2) is 0 Å². The fraction of sp³-hybridized carbons (Fsp3) is 0.692. The van der Waals surface area contributed by atoms with Crippen LogP contribution in [-0.4, -0.2) is 47.9 Å². The number of ether oxygens (including phenoxy) is 1. The minimum absolute atomic E-state index is 0.611. The molecule has 1 aliphatic carbocycles. The summed E-state index contributed by atoms with van der Waals surface area (Å²) in [7, 11) is 2.15.